The number of nitrogens with zero attached hydrogens (tertiary/aromatic N) is 2. The number of hydrogen-bond donors (Lipinski definition) is 0. The fraction of sp³-hybridized carbons (Fsp3) is 0.350. The van der Waals surface area contributed by atoms with Gasteiger partial charge in [-0.1, -0.05) is 30.3 Å². The van der Waals surface area contributed by atoms with Gasteiger partial charge in [0.1, 0.15) is 11.4 Å². The van der Waals surface area contributed by atoms with E-state index in [0.29, 0.717) is 5.69 Å². The first-order valence-electron chi connectivity index (χ1n) is 8.65. The summed E-state index contributed by atoms with van der Waals surface area (Å²) in [6.07, 6.45) is 3.99. The molecule has 1 heterocycles. The van der Waals surface area contributed by atoms with E-state index in [2.05, 4.69) is 17.1 Å². The van der Waals surface area contributed by atoms with Gasteiger partial charge in [0, 0.05) is 6.04 Å². The van der Waals surface area contributed by atoms with Crippen molar-refractivity contribution < 1.29 is 14.3 Å². The van der Waals surface area contributed by atoms with E-state index < -0.39 is 5.97 Å². The molecule has 1 aromatic carbocycles. The molecule has 25 heavy (non-hydrogen) atoms. The zero-order valence-electron chi connectivity index (χ0n) is 14.1. The Labute approximate surface area is 146 Å². The number of aromatic nitrogens is 1. The molecule has 0 radical (unpaired) electrons. The van der Waals surface area contributed by atoms with E-state index in [1.807, 2.05) is 17.0 Å². The monoisotopic (exact) mass is 336 g/mol. The number of benzene rings is 1. The standard InChI is InChI=1S/C20H20N2O3/c1-25-20(24)17-8-4-7-16(21-17)19(23)22(14-10-11-14)18-12-9-13-5-2-3-6-15(13)18/h2-8,14,18H,9-12H2,1H3/t18-/m1/s1. The zero-order chi connectivity index (χ0) is 17.4. The lowest BCUT2D eigenvalue weighted by atomic mass is 10.1. The van der Waals surface area contributed by atoms with E-state index in [9.17, 15) is 9.59 Å². The summed E-state index contributed by atoms with van der Waals surface area (Å²) in [5.41, 5.74) is 3.03. The molecule has 128 valence electrons. The first-order valence-corrected chi connectivity index (χ1v) is 8.65. The molecule has 0 spiro atoms. The molecule has 0 N–H and O–H groups in total. The number of rotatable bonds is 4. The lowest BCUT2D eigenvalue weighted by Crippen LogP contribution is -2.36. The van der Waals surface area contributed by atoms with Gasteiger partial charge >= 0.3 is 5.97 Å². The SMILES string of the molecule is COC(=O)c1cccc(C(=O)N(C2CC2)[C@@H]2CCc3ccccc32)n1. The maximum atomic E-state index is 13.2. The number of amides is 1. The Morgan fingerprint density at radius 3 is 2.56 bits per heavy atom. The third-order valence-electron chi connectivity index (χ3n) is 4.97. The Kier molecular flexibility index (Phi) is 3.99. The second-order valence-corrected chi connectivity index (χ2v) is 6.60. The molecule has 0 unspecified atom stereocenters. The summed E-state index contributed by atoms with van der Waals surface area (Å²) in [6, 6.07) is 13.6. The molecule has 0 saturated heterocycles. The first-order chi connectivity index (χ1) is 12.2. The van der Waals surface area contributed by atoms with Gasteiger partial charge in [-0.3, -0.25) is 4.79 Å². The highest BCUT2D eigenvalue weighted by Gasteiger charge is 2.41. The van der Waals surface area contributed by atoms with Crippen LogP contribution in [0.2, 0.25) is 0 Å². The number of fused-ring (bicyclic) bond motifs is 1. The fourth-order valence-electron chi connectivity index (χ4n) is 3.64. The first kappa shape index (κ1) is 15.8. The van der Waals surface area contributed by atoms with Crippen molar-refractivity contribution in [2.75, 3.05) is 7.11 Å². The third-order valence-corrected chi connectivity index (χ3v) is 4.97. The van der Waals surface area contributed by atoms with Crippen LogP contribution >= 0.6 is 0 Å². The predicted octanol–water partition coefficient (Wildman–Crippen LogP) is 3.16. The van der Waals surface area contributed by atoms with Crippen molar-refractivity contribution in [3.8, 4) is 0 Å². The minimum Gasteiger partial charge on any atom is -0.464 e. The molecule has 5 heteroatoms. The van der Waals surface area contributed by atoms with Gasteiger partial charge in [-0.2, -0.15) is 0 Å². The highest BCUT2D eigenvalue weighted by molar-refractivity contribution is 5.95. The molecule has 0 bridgehead atoms. The molecule has 2 aliphatic rings. The molecule has 1 amide bonds. The Balaban J connectivity index is 1.66. The second kappa shape index (κ2) is 6.31. The third kappa shape index (κ3) is 2.90. The number of esters is 1. The summed E-state index contributed by atoms with van der Waals surface area (Å²) in [6.45, 7) is 0. The maximum Gasteiger partial charge on any atom is 0.356 e. The fourth-order valence-corrected chi connectivity index (χ4v) is 3.64. The van der Waals surface area contributed by atoms with E-state index in [1.54, 1.807) is 18.2 Å². The molecular weight excluding hydrogens is 316 g/mol. The minimum absolute atomic E-state index is 0.0970. The van der Waals surface area contributed by atoms with Gasteiger partial charge in [-0.05, 0) is 48.9 Å². The van der Waals surface area contributed by atoms with Crippen LogP contribution < -0.4 is 0 Å². The van der Waals surface area contributed by atoms with E-state index in [1.165, 1.54) is 18.2 Å². The van der Waals surface area contributed by atoms with Gasteiger partial charge in [-0.15, -0.1) is 0 Å². The van der Waals surface area contributed by atoms with Crippen LogP contribution in [0.5, 0.6) is 0 Å². The summed E-state index contributed by atoms with van der Waals surface area (Å²) in [5, 5.41) is 0. The molecule has 1 atom stereocenters. The highest BCUT2D eigenvalue weighted by atomic mass is 16.5. The highest BCUT2D eigenvalue weighted by Crippen LogP contribution is 2.42. The summed E-state index contributed by atoms with van der Waals surface area (Å²) >= 11 is 0. The van der Waals surface area contributed by atoms with Crippen molar-refractivity contribution in [1.29, 1.82) is 0 Å². The number of hydrogen-bond acceptors (Lipinski definition) is 4. The summed E-state index contributed by atoms with van der Waals surface area (Å²) in [4.78, 5) is 31.1. The molecule has 1 saturated carbocycles. The van der Waals surface area contributed by atoms with Gasteiger partial charge in [-0.25, -0.2) is 9.78 Å². The maximum absolute atomic E-state index is 13.2. The lowest BCUT2D eigenvalue weighted by Gasteiger charge is -2.29. The number of ether oxygens (including phenoxy) is 1. The predicted molar refractivity (Wildman–Crippen MR) is 92.3 cm³/mol. The van der Waals surface area contributed by atoms with Crippen molar-refractivity contribution in [2.45, 2.75) is 37.8 Å². The van der Waals surface area contributed by atoms with Crippen molar-refractivity contribution in [1.82, 2.24) is 9.88 Å². The average molecular weight is 336 g/mol. The van der Waals surface area contributed by atoms with Gasteiger partial charge in [0.05, 0.1) is 13.2 Å². The van der Waals surface area contributed by atoms with Gasteiger partial charge in [0.15, 0.2) is 0 Å². The van der Waals surface area contributed by atoms with Gasteiger partial charge in [0.25, 0.3) is 5.91 Å². The molecule has 1 aromatic heterocycles. The molecule has 0 aliphatic heterocycles. The van der Waals surface area contributed by atoms with Gasteiger partial charge < -0.3 is 9.64 Å². The summed E-state index contributed by atoms with van der Waals surface area (Å²) in [5.74, 6) is -0.631. The Morgan fingerprint density at radius 2 is 1.80 bits per heavy atom. The number of methoxy groups -OCH3 is 1. The average Bonchev–Trinajstić information content (AvgIpc) is 3.41. The van der Waals surface area contributed by atoms with Crippen LogP contribution in [0.25, 0.3) is 0 Å². The Hall–Kier alpha value is -2.69. The summed E-state index contributed by atoms with van der Waals surface area (Å²) in [7, 11) is 1.31. The van der Waals surface area contributed by atoms with Crippen LogP contribution in [0.1, 0.15) is 57.4 Å². The number of aryl methyl sites for hydroxylation is 1. The molecule has 2 aliphatic carbocycles. The van der Waals surface area contributed by atoms with Crippen molar-refractivity contribution >= 4 is 11.9 Å². The quantitative estimate of drug-likeness (QED) is 0.805. The molecule has 2 aromatic rings. The largest absolute Gasteiger partial charge is 0.464 e. The number of carbonyl (C=O) groups is 2. The van der Waals surface area contributed by atoms with Gasteiger partial charge in [0.2, 0.25) is 0 Å². The molecule has 5 nitrogen and oxygen atoms in total. The number of carbonyl (C=O) groups excluding carboxylic acids is 2. The second-order valence-electron chi connectivity index (χ2n) is 6.60. The molecule has 4 rings (SSSR count). The van der Waals surface area contributed by atoms with Crippen molar-refractivity contribution in [3.05, 3.63) is 65.0 Å². The van der Waals surface area contributed by atoms with Crippen LogP contribution in [0.3, 0.4) is 0 Å². The Bertz CT molecular complexity index is 829. The zero-order valence-corrected chi connectivity index (χ0v) is 14.1. The van der Waals surface area contributed by atoms with Crippen molar-refractivity contribution in [2.24, 2.45) is 0 Å². The Morgan fingerprint density at radius 1 is 1.04 bits per heavy atom. The topological polar surface area (TPSA) is 59.5 Å². The van der Waals surface area contributed by atoms with Crippen molar-refractivity contribution in [3.63, 3.8) is 0 Å². The van der Waals surface area contributed by atoms with Crippen LogP contribution in [0.15, 0.2) is 42.5 Å². The lowest BCUT2D eigenvalue weighted by molar-refractivity contribution is 0.0593. The van der Waals surface area contributed by atoms with Crippen LogP contribution in [-0.4, -0.2) is 34.9 Å². The van der Waals surface area contributed by atoms with Crippen LogP contribution in [0.4, 0.5) is 0 Å². The minimum atomic E-state index is -0.529. The molecular formula is C20H20N2O3. The van der Waals surface area contributed by atoms with Crippen LogP contribution in [0, 0.1) is 0 Å². The van der Waals surface area contributed by atoms with E-state index >= 15 is 0 Å². The summed E-state index contributed by atoms with van der Waals surface area (Å²) < 4.78 is 4.71. The molecule has 1 fully saturated rings. The number of pyridine rings is 1. The van der Waals surface area contributed by atoms with Crippen LogP contribution in [-0.2, 0) is 11.2 Å². The van der Waals surface area contributed by atoms with E-state index in [0.717, 1.165) is 25.7 Å². The van der Waals surface area contributed by atoms with E-state index in [4.69, 9.17) is 4.74 Å². The van der Waals surface area contributed by atoms with E-state index in [-0.39, 0.29) is 23.7 Å². The smallest absolute Gasteiger partial charge is 0.356 e. The normalized spacial score (nSPS) is 18.5.